The number of hydrogen-bond acceptors (Lipinski definition) is 6. The Bertz CT molecular complexity index is 776. The molecule has 2 atom stereocenters. The molecule has 0 bridgehead atoms. The zero-order valence-electron chi connectivity index (χ0n) is 13.9. The van der Waals surface area contributed by atoms with E-state index >= 15 is 0 Å². The van der Waals surface area contributed by atoms with Crippen molar-refractivity contribution in [3.05, 3.63) is 60.2 Å². The third kappa shape index (κ3) is 4.38. The minimum absolute atomic E-state index is 0.0144. The summed E-state index contributed by atoms with van der Waals surface area (Å²) in [4.78, 5) is 23.0. The number of nitrogens with one attached hydrogen (secondary N) is 1. The first-order chi connectivity index (χ1) is 12.5. The van der Waals surface area contributed by atoms with Gasteiger partial charge in [0.1, 0.15) is 29.7 Å². The van der Waals surface area contributed by atoms with Crippen molar-refractivity contribution in [3.63, 3.8) is 0 Å². The maximum atomic E-state index is 12.1. The number of aliphatic hydroxyl groups is 1. The van der Waals surface area contributed by atoms with Crippen LogP contribution in [0.5, 0.6) is 11.5 Å². The molecule has 26 heavy (non-hydrogen) atoms. The lowest BCUT2D eigenvalue weighted by Gasteiger charge is -2.20. The molecule has 136 valence electrons. The molecule has 1 fully saturated rings. The van der Waals surface area contributed by atoms with Gasteiger partial charge < -0.3 is 25.0 Å². The Labute approximate surface area is 150 Å². The van der Waals surface area contributed by atoms with Crippen molar-refractivity contribution in [2.24, 2.45) is 0 Å². The predicted molar refractivity (Wildman–Crippen MR) is 92.2 cm³/mol. The highest BCUT2D eigenvalue weighted by Gasteiger charge is 2.41. The van der Waals surface area contributed by atoms with Crippen LogP contribution in [0.4, 0.5) is 0 Å². The SMILES string of the molecule is O=C(OC[C@@]1(O)CNC(C(=O)O)C1)c1ccc(Oc2ccccc2)cc1. The summed E-state index contributed by atoms with van der Waals surface area (Å²) in [5.74, 6) is -0.368. The lowest BCUT2D eigenvalue weighted by atomic mass is 10.0. The number of esters is 1. The van der Waals surface area contributed by atoms with Gasteiger partial charge in [0, 0.05) is 13.0 Å². The van der Waals surface area contributed by atoms with Gasteiger partial charge in [-0.15, -0.1) is 0 Å². The van der Waals surface area contributed by atoms with Crippen molar-refractivity contribution in [3.8, 4) is 11.5 Å². The van der Waals surface area contributed by atoms with Crippen LogP contribution in [0, 0.1) is 0 Å². The molecule has 0 aromatic heterocycles. The van der Waals surface area contributed by atoms with E-state index in [0.717, 1.165) is 0 Å². The maximum Gasteiger partial charge on any atom is 0.338 e. The summed E-state index contributed by atoms with van der Waals surface area (Å²) in [6, 6.07) is 14.8. The molecule has 0 saturated carbocycles. The van der Waals surface area contributed by atoms with E-state index in [0.29, 0.717) is 17.1 Å². The average Bonchev–Trinajstić information content (AvgIpc) is 3.04. The van der Waals surface area contributed by atoms with Gasteiger partial charge in [-0.2, -0.15) is 0 Å². The molecule has 1 aliphatic heterocycles. The maximum absolute atomic E-state index is 12.1. The van der Waals surface area contributed by atoms with Crippen molar-refractivity contribution in [1.29, 1.82) is 0 Å². The van der Waals surface area contributed by atoms with Gasteiger partial charge in [-0.05, 0) is 36.4 Å². The number of para-hydroxylation sites is 1. The van der Waals surface area contributed by atoms with Gasteiger partial charge in [0.15, 0.2) is 0 Å². The molecule has 0 radical (unpaired) electrons. The zero-order chi connectivity index (χ0) is 18.6. The lowest BCUT2D eigenvalue weighted by molar-refractivity contribution is -0.139. The minimum Gasteiger partial charge on any atom is -0.480 e. The molecular formula is C19H19NO6. The Morgan fingerprint density at radius 2 is 1.73 bits per heavy atom. The Hall–Kier alpha value is -2.90. The van der Waals surface area contributed by atoms with E-state index in [1.807, 2.05) is 30.3 Å². The van der Waals surface area contributed by atoms with Crippen LogP contribution in [0.15, 0.2) is 54.6 Å². The molecular weight excluding hydrogens is 338 g/mol. The highest BCUT2D eigenvalue weighted by molar-refractivity contribution is 5.89. The van der Waals surface area contributed by atoms with Gasteiger partial charge >= 0.3 is 11.9 Å². The first kappa shape index (κ1) is 17.9. The molecule has 1 aliphatic rings. The Morgan fingerprint density at radius 1 is 1.08 bits per heavy atom. The molecule has 0 spiro atoms. The number of ether oxygens (including phenoxy) is 2. The standard InChI is InChI=1S/C19H19NO6/c21-17(22)16-10-19(24,11-20-16)12-25-18(23)13-6-8-15(9-7-13)26-14-4-2-1-3-5-14/h1-9,16,20,24H,10-12H2,(H,21,22)/t16?,19-/m0/s1. The molecule has 7 heteroatoms. The zero-order valence-corrected chi connectivity index (χ0v) is 13.9. The van der Waals surface area contributed by atoms with Gasteiger partial charge in [-0.25, -0.2) is 4.79 Å². The molecule has 3 rings (SSSR count). The van der Waals surface area contributed by atoms with Gasteiger partial charge in [0.05, 0.1) is 5.56 Å². The van der Waals surface area contributed by atoms with Crippen LogP contribution in [0.3, 0.4) is 0 Å². The first-order valence-corrected chi connectivity index (χ1v) is 8.14. The lowest BCUT2D eigenvalue weighted by Crippen LogP contribution is -2.37. The number of carboxylic acids is 1. The molecule has 7 nitrogen and oxygen atoms in total. The molecule has 0 aliphatic carbocycles. The fourth-order valence-corrected chi connectivity index (χ4v) is 2.69. The Balaban J connectivity index is 1.54. The van der Waals surface area contributed by atoms with E-state index < -0.39 is 23.6 Å². The van der Waals surface area contributed by atoms with Crippen LogP contribution in [-0.2, 0) is 9.53 Å². The molecule has 1 saturated heterocycles. The van der Waals surface area contributed by atoms with Gasteiger partial charge in [0.25, 0.3) is 0 Å². The van der Waals surface area contributed by atoms with E-state index in [-0.39, 0.29) is 19.6 Å². The first-order valence-electron chi connectivity index (χ1n) is 8.14. The number of carboxylic acid groups (broad SMARTS) is 1. The van der Waals surface area contributed by atoms with Crippen LogP contribution in [0.2, 0.25) is 0 Å². The number of carbonyl (C=O) groups excluding carboxylic acids is 1. The number of carbonyl (C=O) groups is 2. The van der Waals surface area contributed by atoms with E-state index in [2.05, 4.69) is 5.32 Å². The summed E-state index contributed by atoms with van der Waals surface area (Å²) in [7, 11) is 0. The van der Waals surface area contributed by atoms with Crippen LogP contribution >= 0.6 is 0 Å². The second-order valence-electron chi connectivity index (χ2n) is 6.22. The Kier molecular flexibility index (Phi) is 5.20. The largest absolute Gasteiger partial charge is 0.480 e. The fourth-order valence-electron chi connectivity index (χ4n) is 2.69. The van der Waals surface area contributed by atoms with E-state index in [4.69, 9.17) is 14.6 Å². The molecule has 2 aromatic carbocycles. The van der Waals surface area contributed by atoms with E-state index in [9.17, 15) is 14.7 Å². The number of rotatable bonds is 6. The van der Waals surface area contributed by atoms with Crippen molar-refractivity contribution in [2.75, 3.05) is 13.2 Å². The summed E-state index contributed by atoms with van der Waals surface area (Å²) in [5.41, 5.74) is -1.07. The van der Waals surface area contributed by atoms with Crippen molar-refractivity contribution >= 4 is 11.9 Å². The number of aliphatic carboxylic acids is 1. The fraction of sp³-hybridized carbons (Fsp3) is 0.263. The van der Waals surface area contributed by atoms with E-state index in [1.54, 1.807) is 24.3 Å². The van der Waals surface area contributed by atoms with Gasteiger partial charge in [-0.3, -0.25) is 4.79 Å². The smallest absolute Gasteiger partial charge is 0.338 e. The molecule has 3 N–H and O–H groups in total. The van der Waals surface area contributed by atoms with E-state index in [1.165, 1.54) is 0 Å². The highest BCUT2D eigenvalue weighted by atomic mass is 16.5. The van der Waals surface area contributed by atoms with Crippen LogP contribution in [0.1, 0.15) is 16.8 Å². The monoisotopic (exact) mass is 357 g/mol. The molecule has 1 unspecified atom stereocenters. The summed E-state index contributed by atoms with van der Waals surface area (Å²) < 4.78 is 10.8. The second-order valence-corrected chi connectivity index (χ2v) is 6.22. The van der Waals surface area contributed by atoms with Crippen LogP contribution in [-0.4, -0.2) is 46.9 Å². The van der Waals surface area contributed by atoms with Crippen LogP contribution in [0.25, 0.3) is 0 Å². The highest BCUT2D eigenvalue weighted by Crippen LogP contribution is 2.23. The Morgan fingerprint density at radius 3 is 2.35 bits per heavy atom. The quantitative estimate of drug-likeness (QED) is 0.677. The average molecular weight is 357 g/mol. The summed E-state index contributed by atoms with van der Waals surface area (Å²) >= 11 is 0. The number of benzene rings is 2. The third-order valence-corrected chi connectivity index (χ3v) is 4.10. The predicted octanol–water partition coefficient (Wildman–Crippen LogP) is 1.81. The number of β-amino-alcohol motifs (C(OH)–C–C–N with tert-alkyl or cyclic N) is 1. The van der Waals surface area contributed by atoms with Gasteiger partial charge in [-0.1, -0.05) is 18.2 Å². The normalized spacial score (nSPS) is 22.0. The molecule has 1 heterocycles. The summed E-state index contributed by atoms with van der Waals surface area (Å²) in [5, 5.41) is 21.9. The van der Waals surface area contributed by atoms with Crippen molar-refractivity contribution in [1.82, 2.24) is 5.32 Å². The second kappa shape index (κ2) is 7.55. The number of hydrogen-bond donors (Lipinski definition) is 3. The van der Waals surface area contributed by atoms with Crippen molar-refractivity contribution < 1.29 is 29.3 Å². The third-order valence-electron chi connectivity index (χ3n) is 4.10. The topological polar surface area (TPSA) is 105 Å². The molecule has 0 amide bonds. The molecule has 2 aromatic rings. The van der Waals surface area contributed by atoms with Crippen LogP contribution < -0.4 is 10.1 Å². The summed E-state index contributed by atoms with van der Waals surface area (Å²) in [6.07, 6.45) is -0.0144. The minimum atomic E-state index is -1.38. The summed E-state index contributed by atoms with van der Waals surface area (Å²) in [6.45, 7) is -0.216. The van der Waals surface area contributed by atoms with Crippen molar-refractivity contribution in [2.45, 2.75) is 18.1 Å². The van der Waals surface area contributed by atoms with Gasteiger partial charge in [0.2, 0.25) is 0 Å².